The largest absolute Gasteiger partial charge is 0.326 e. The van der Waals surface area contributed by atoms with Crippen LogP contribution >= 0.6 is 34.7 Å². The zero-order valence-corrected chi connectivity index (χ0v) is 22.3. The highest BCUT2D eigenvalue weighted by molar-refractivity contribution is 7.99. The van der Waals surface area contributed by atoms with Gasteiger partial charge in [0.1, 0.15) is 4.83 Å². The first-order valence-electron chi connectivity index (χ1n) is 12.2. The summed E-state index contributed by atoms with van der Waals surface area (Å²) >= 11 is 9.09. The molecule has 7 nitrogen and oxygen atoms in total. The first kappa shape index (κ1) is 24.2. The highest BCUT2D eigenvalue weighted by Gasteiger charge is 2.25. The number of anilines is 1. The van der Waals surface area contributed by atoms with Crippen molar-refractivity contribution in [2.45, 2.75) is 43.8 Å². The van der Waals surface area contributed by atoms with Crippen molar-refractivity contribution < 1.29 is 4.79 Å². The summed E-state index contributed by atoms with van der Waals surface area (Å²) in [6.45, 7) is 0.427. The monoisotopic (exact) mass is 549 g/mol. The van der Waals surface area contributed by atoms with Crippen LogP contribution in [0, 0.1) is 0 Å². The van der Waals surface area contributed by atoms with E-state index in [2.05, 4.69) is 15.5 Å². The molecule has 0 fully saturated rings. The van der Waals surface area contributed by atoms with Crippen LogP contribution in [0.3, 0.4) is 0 Å². The number of amides is 1. The smallest absolute Gasteiger partial charge is 0.264 e. The summed E-state index contributed by atoms with van der Waals surface area (Å²) < 4.78 is 3.76. The topological polar surface area (TPSA) is 81.3 Å². The lowest BCUT2D eigenvalue weighted by Crippen LogP contribution is -2.24. The Hall–Kier alpha value is -3.14. The molecule has 10 heteroatoms. The first-order chi connectivity index (χ1) is 18.1. The number of aromatic nitrogens is 4. The predicted molar refractivity (Wildman–Crippen MR) is 150 cm³/mol. The fraction of sp³-hybridized carbons (Fsp3) is 0.259. The van der Waals surface area contributed by atoms with Crippen molar-refractivity contribution in [1.29, 1.82) is 0 Å². The lowest BCUT2D eigenvalue weighted by atomic mass is 9.97. The molecule has 1 N–H and O–H groups in total. The molecule has 0 aliphatic heterocycles. The number of hydrogen-bond donors (Lipinski definition) is 1. The molecule has 6 rings (SSSR count). The van der Waals surface area contributed by atoms with E-state index < -0.39 is 0 Å². The molecule has 0 saturated carbocycles. The van der Waals surface area contributed by atoms with Crippen LogP contribution in [0.25, 0.3) is 16.0 Å². The molecule has 0 spiro atoms. The number of benzene rings is 2. The molecule has 0 bridgehead atoms. The molecule has 1 aliphatic rings. The Bertz CT molecular complexity index is 1660. The summed E-state index contributed by atoms with van der Waals surface area (Å²) in [5.41, 5.74) is 2.93. The fourth-order valence-electron chi connectivity index (χ4n) is 4.76. The van der Waals surface area contributed by atoms with Gasteiger partial charge in [-0.2, -0.15) is 0 Å². The Morgan fingerprint density at radius 2 is 1.84 bits per heavy atom. The van der Waals surface area contributed by atoms with Gasteiger partial charge < -0.3 is 5.32 Å². The zero-order chi connectivity index (χ0) is 25.4. The quantitative estimate of drug-likeness (QED) is 0.259. The second-order valence-corrected chi connectivity index (χ2v) is 11.6. The number of fused-ring (bicyclic) bond motifs is 5. The van der Waals surface area contributed by atoms with Crippen molar-refractivity contribution in [3.05, 3.63) is 86.0 Å². The number of thiophene rings is 1. The van der Waals surface area contributed by atoms with E-state index >= 15 is 0 Å². The van der Waals surface area contributed by atoms with Crippen molar-refractivity contribution in [2.24, 2.45) is 0 Å². The van der Waals surface area contributed by atoms with Crippen LogP contribution in [-0.4, -0.2) is 30.8 Å². The summed E-state index contributed by atoms with van der Waals surface area (Å²) in [6.07, 6.45) is 4.49. The minimum absolute atomic E-state index is 0.00274. The van der Waals surface area contributed by atoms with Gasteiger partial charge in [-0.1, -0.05) is 53.7 Å². The third-order valence-corrected chi connectivity index (χ3v) is 9.00. The van der Waals surface area contributed by atoms with E-state index in [1.165, 1.54) is 22.2 Å². The van der Waals surface area contributed by atoms with Gasteiger partial charge in [0, 0.05) is 27.8 Å². The van der Waals surface area contributed by atoms with Gasteiger partial charge in [0.25, 0.3) is 5.56 Å². The third kappa shape index (κ3) is 4.79. The third-order valence-electron chi connectivity index (χ3n) is 6.54. The standard InChI is InChI=1S/C27H24ClN5O2S2/c28-18-10-12-19(13-11-18)29-22(34)14-15-36-27-31-30-26-32(16-17-6-2-1-3-7-17)24(35)23-20-8-4-5-9-21(20)37-25(23)33(26)27/h1-3,6-7,10-13H,4-5,8-9,14-16H2,(H,29,34). The number of carbonyl (C=O) groups excluding carboxylic acids is 1. The maximum absolute atomic E-state index is 13.8. The summed E-state index contributed by atoms with van der Waals surface area (Å²) in [5.74, 6) is 0.986. The van der Waals surface area contributed by atoms with E-state index in [0.29, 0.717) is 40.4 Å². The van der Waals surface area contributed by atoms with Crippen LogP contribution in [0.1, 0.15) is 35.3 Å². The number of halogens is 1. The Kier molecular flexibility index (Phi) is 6.75. The molecular formula is C27H24ClN5O2S2. The minimum Gasteiger partial charge on any atom is -0.326 e. The van der Waals surface area contributed by atoms with Crippen LogP contribution in [0.5, 0.6) is 0 Å². The van der Waals surface area contributed by atoms with Crippen molar-refractivity contribution in [1.82, 2.24) is 19.2 Å². The minimum atomic E-state index is -0.0821. The van der Waals surface area contributed by atoms with Gasteiger partial charge in [-0.05, 0) is 61.1 Å². The number of hydrogen-bond acceptors (Lipinski definition) is 6. The Labute approximate surface area is 226 Å². The van der Waals surface area contributed by atoms with Gasteiger partial charge in [-0.15, -0.1) is 21.5 Å². The van der Waals surface area contributed by atoms with E-state index in [-0.39, 0.29) is 11.5 Å². The van der Waals surface area contributed by atoms with E-state index in [1.807, 2.05) is 34.7 Å². The molecule has 0 saturated heterocycles. The van der Waals surface area contributed by atoms with Crippen LogP contribution in [0.4, 0.5) is 5.69 Å². The molecule has 3 aromatic heterocycles. The maximum Gasteiger partial charge on any atom is 0.264 e. The summed E-state index contributed by atoms with van der Waals surface area (Å²) in [6, 6.07) is 17.0. The normalized spacial score (nSPS) is 13.2. The molecule has 1 amide bonds. The van der Waals surface area contributed by atoms with Crippen LogP contribution in [0.15, 0.2) is 64.5 Å². The van der Waals surface area contributed by atoms with E-state index in [0.717, 1.165) is 41.5 Å². The van der Waals surface area contributed by atoms with E-state index in [1.54, 1.807) is 40.2 Å². The van der Waals surface area contributed by atoms with Gasteiger partial charge in [-0.3, -0.25) is 14.2 Å². The van der Waals surface area contributed by atoms with Crippen molar-refractivity contribution >= 4 is 62.3 Å². The summed E-state index contributed by atoms with van der Waals surface area (Å²) in [5, 5.41) is 13.9. The molecule has 3 heterocycles. The lowest BCUT2D eigenvalue weighted by Gasteiger charge is -2.12. The molecular weight excluding hydrogens is 526 g/mol. The number of aryl methyl sites for hydroxylation is 2. The number of nitrogens with one attached hydrogen (secondary N) is 1. The second kappa shape index (κ2) is 10.3. The summed E-state index contributed by atoms with van der Waals surface area (Å²) in [7, 11) is 0. The Balaban J connectivity index is 1.33. The average Bonchev–Trinajstić information content (AvgIpc) is 3.50. The molecule has 5 aromatic rings. The molecule has 1 aliphatic carbocycles. The number of rotatable bonds is 7. The van der Waals surface area contributed by atoms with Crippen LogP contribution in [-0.2, 0) is 24.2 Å². The predicted octanol–water partition coefficient (Wildman–Crippen LogP) is 5.81. The Morgan fingerprint density at radius 3 is 2.65 bits per heavy atom. The van der Waals surface area contributed by atoms with Crippen LogP contribution < -0.4 is 10.9 Å². The van der Waals surface area contributed by atoms with E-state index in [4.69, 9.17) is 11.6 Å². The Morgan fingerprint density at radius 1 is 1.05 bits per heavy atom. The highest BCUT2D eigenvalue weighted by Crippen LogP contribution is 2.36. The molecule has 188 valence electrons. The lowest BCUT2D eigenvalue weighted by molar-refractivity contribution is -0.115. The number of thioether (sulfide) groups is 1. The number of nitrogens with zero attached hydrogens (tertiary/aromatic N) is 4. The first-order valence-corrected chi connectivity index (χ1v) is 14.4. The van der Waals surface area contributed by atoms with Crippen molar-refractivity contribution in [2.75, 3.05) is 11.1 Å². The summed E-state index contributed by atoms with van der Waals surface area (Å²) in [4.78, 5) is 28.5. The van der Waals surface area contributed by atoms with Crippen molar-refractivity contribution in [3.8, 4) is 0 Å². The average molecular weight is 550 g/mol. The molecule has 37 heavy (non-hydrogen) atoms. The van der Waals surface area contributed by atoms with Crippen LogP contribution in [0.2, 0.25) is 5.02 Å². The number of carbonyl (C=O) groups is 1. The van der Waals surface area contributed by atoms with Gasteiger partial charge >= 0.3 is 0 Å². The fourth-order valence-corrected chi connectivity index (χ4v) is 7.20. The molecule has 0 radical (unpaired) electrons. The molecule has 0 atom stereocenters. The van der Waals surface area contributed by atoms with Gasteiger partial charge in [0.2, 0.25) is 11.7 Å². The van der Waals surface area contributed by atoms with Crippen molar-refractivity contribution in [3.63, 3.8) is 0 Å². The molecule has 0 unspecified atom stereocenters. The zero-order valence-electron chi connectivity index (χ0n) is 19.9. The molecule has 2 aromatic carbocycles. The highest BCUT2D eigenvalue weighted by atomic mass is 35.5. The maximum atomic E-state index is 13.8. The van der Waals surface area contributed by atoms with Gasteiger partial charge in [0.05, 0.1) is 11.9 Å². The van der Waals surface area contributed by atoms with Gasteiger partial charge in [0.15, 0.2) is 5.16 Å². The second-order valence-electron chi connectivity index (χ2n) is 9.04. The SMILES string of the molecule is O=C(CCSc1nnc2n(Cc3ccccc3)c(=O)c3c4c(sc3n12)CCCC4)Nc1ccc(Cl)cc1. The van der Waals surface area contributed by atoms with Gasteiger partial charge in [-0.25, -0.2) is 4.40 Å². The van der Waals surface area contributed by atoms with E-state index in [9.17, 15) is 9.59 Å².